The molecule has 0 radical (unpaired) electrons. The van der Waals surface area contributed by atoms with E-state index in [1.165, 1.54) is 0 Å². The van der Waals surface area contributed by atoms with E-state index in [1.807, 2.05) is 0 Å². The lowest BCUT2D eigenvalue weighted by molar-refractivity contribution is -0.121. The van der Waals surface area contributed by atoms with Gasteiger partial charge in [-0.25, -0.2) is 9.59 Å². The van der Waals surface area contributed by atoms with Gasteiger partial charge in [0.05, 0.1) is 30.5 Å². The summed E-state index contributed by atoms with van der Waals surface area (Å²) in [5, 5.41) is 36.2. The minimum atomic E-state index is -1.26. The van der Waals surface area contributed by atoms with Gasteiger partial charge in [0.2, 0.25) is 17.7 Å². The number of aromatic carboxylic acids is 2. The molecule has 0 unspecified atom stereocenters. The van der Waals surface area contributed by atoms with Crippen LogP contribution >= 0.6 is 67.8 Å². The maximum Gasteiger partial charge on any atom is 0.337 e. The van der Waals surface area contributed by atoms with E-state index in [-0.39, 0.29) is 34.1 Å². The van der Waals surface area contributed by atoms with Crippen molar-refractivity contribution in [2.75, 3.05) is 25.1 Å². The van der Waals surface area contributed by atoms with Crippen molar-refractivity contribution in [1.29, 1.82) is 0 Å². The van der Waals surface area contributed by atoms with E-state index in [9.17, 15) is 34.2 Å². The van der Waals surface area contributed by atoms with Crippen LogP contribution in [0.25, 0.3) is 0 Å². The lowest BCUT2D eigenvalue weighted by Gasteiger charge is -2.16. The third kappa shape index (κ3) is 10.6. The van der Waals surface area contributed by atoms with Crippen LogP contribution in [0.4, 0.5) is 5.69 Å². The van der Waals surface area contributed by atoms with Gasteiger partial charge < -0.3 is 42.9 Å². The fourth-order valence-corrected chi connectivity index (χ4v) is 5.70. The second-order valence-corrected chi connectivity index (χ2v) is 7.91. The first-order valence-corrected chi connectivity index (χ1v) is 10.4. The molecule has 0 saturated carbocycles. The Balaban J connectivity index is 0. The topological polar surface area (TPSA) is 256 Å². The van der Waals surface area contributed by atoms with Gasteiger partial charge in [-0.15, -0.1) is 0 Å². The molecule has 0 bridgehead atoms. The number of aliphatic hydroxyl groups excluding tert-OH is 2. The van der Waals surface area contributed by atoms with Gasteiger partial charge in [-0.05, 0) is 67.8 Å². The monoisotopic (exact) mass is 766 g/mol. The third-order valence-corrected chi connectivity index (χ3v) is 5.74. The summed E-state index contributed by atoms with van der Waals surface area (Å²) < 4.78 is 0.633. The summed E-state index contributed by atoms with van der Waals surface area (Å²) in [6, 6.07) is 0. The highest BCUT2D eigenvalue weighted by Gasteiger charge is 2.27. The first-order chi connectivity index (χ1) is 13.8. The van der Waals surface area contributed by atoms with E-state index in [1.54, 1.807) is 67.8 Å². The third-order valence-electron chi connectivity index (χ3n) is 2.51. The summed E-state index contributed by atoms with van der Waals surface area (Å²) in [7, 11) is 0. The number of benzene rings is 1. The van der Waals surface area contributed by atoms with Crippen molar-refractivity contribution in [1.82, 2.24) is 0 Å². The molecule has 13 nitrogen and oxygen atoms in total. The molecule has 1 aromatic carbocycles. The largest absolute Gasteiger partial charge is 0.478 e. The van der Waals surface area contributed by atoms with Crippen molar-refractivity contribution in [3.05, 3.63) is 21.8 Å². The number of hydrogen-bond acceptors (Lipinski definition) is 8. The van der Waals surface area contributed by atoms with Crippen molar-refractivity contribution in [2.45, 2.75) is 0 Å². The van der Waals surface area contributed by atoms with Crippen LogP contribution in [0.2, 0.25) is 0 Å². The van der Waals surface area contributed by atoms with E-state index in [4.69, 9.17) is 15.9 Å². The highest BCUT2D eigenvalue weighted by Crippen LogP contribution is 2.35. The molecule has 16 heteroatoms. The minimum Gasteiger partial charge on any atom is -0.478 e. The highest BCUT2D eigenvalue weighted by atomic mass is 127. The summed E-state index contributed by atoms with van der Waals surface area (Å²) >= 11 is 5.19. The Morgan fingerprint density at radius 2 is 1.07 bits per heavy atom. The molecule has 0 spiro atoms. The van der Waals surface area contributed by atoms with Crippen molar-refractivity contribution >= 4 is 103 Å². The van der Waals surface area contributed by atoms with Crippen LogP contribution in [0.15, 0.2) is 0 Å². The fourth-order valence-electron chi connectivity index (χ4n) is 1.34. The summed E-state index contributed by atoms with van der Waals surface area (Å²) in [5.41, 5.74) is 13.8. The van der Waals surface area contributed by atoms with Crippen molar-refractivity contribution in [3.63, 3.8) is 0 Å². The molecule has 0 aliphatic heterocycles. The standard InChI is InChI=1S/C10H7I3N2O5.2C2H5NO2/c11-5-3(9(17)18)6(12)8(15-2(16)1-14)7(13)4(5)10(19)20;2*3-2(5)1-4/h1,14H2,(H,15,16)(H,17,18)(H,19,20);2*4H,1H2,(H2,3,5). The SMILES string of the molecule is NC(=O)CO.NC(=O)CO.NCC(=O)Nc1c(I)c(C(=O)O)c(I)c(C(=O)O)c1I. The number of carboxylic acid groups (broad SMARTS) is 2. The number of anilines is 1. The summed E-state index contributed by atoms with van der Waals surface area (Å²) in [4.78, 5) is 52.7. The van der Waals surface area contributed by atoms with Crippen LogP contribution in [-0.4, -0.2) is 69.8 Å². The van der Waals surface area contributed by atoms with E-state index in [0.717, 1.165) is 0 Å². The normalized spacial score (nSPS) is 9.27. The number of rotatable bonds is 6. The Hall–Kier alpha value is -1.36. The van der Waals surface area contributed by atoms with Crippen molar-refractivity contribution in [3.8, 4) is 0 Å². The maximum absolute atomic E-state index is 11.4. The number of aliphatic hydroxyl groups is 2. The Kier molecular flexibility index (Phi) is 15.9. The zero-order valence-electron chi connectivity index (χ0n) is 14.8. The molecule has 0 heterocycles. The average molecular weight is 766 g/mol. The molecule has 0 fully saturated rings. The number of hydrogen-bond donors (Lipinski definition) is 8. The Labute approximate surface area is 210 Å². The predicted octanol–water partition coefficient (Wildman–Crippen LogP) is -1.28. The molecule has 0 aliphatic rings. The minimum absolute atomic E-state index is 0.113. The molecule has 1 aromatic rings. The first-order valence-electron chi connectivity index (χ1n) is 7.21. The van der Waals surface area contributed by atoms with E-state index in [2.05, 4.69) is 16.8 Å². The van der Waals surface area contributed by atoms with Crippen LogP contribution in [0.5, 0.6) is 0 Å². The van der Waals surface area contributed by atoms with Crippen molar-refractivity contribution in [2.24, 2.45) is 17.2 Å². The number of carboxylic acids is 2. The van der Waals surface area contributed by atoms with Crippen LogP contribution in [0.3, 0.4) is 0 Å². The zero-order chi connectivity index (χ0) is 24.2. The number of amides is 3. The second kappa shape index (κ2) is 15.4. The molecule has 11 N–H and O–H groups in total. The zero-order valence-corrected chi connectivity index (χ0v) is 21.3. The average Bonchev–Trinajstić information content (AvgIpc) is 2.65. The van der Waals surface area contributed by atoms with Gasteiger partial charge in [0.15, 0.2) is 0 Å². The van der Waals surface area contributed by atoms with Gasteiger partial charge in [-0.1, -0.05) is 0 Å². The van der Waals surface area contributed by atoms with Gasteiger partial charge in [0.25, 0.3) is 0 Å². The smallest absolute Gasteiger partial charge is 0.337 e. The lowest BCUT2D eigenvalue weighted by atomic mass is 10.1. The molecule has 1 rings (SSSR count). The van der Waals surface area contributed by atoms with Gasteiger partial charge in [-0.3, -0.25) is 14.4 Å². The molecule has 0 aromatic heterocycles. The van der Waals surface area contributed by atoms with Crippen LogP contribution in [-0.2, 0) is 14.4 Å². The molecular formula is C14H17I3N4O9. The van der Waals surface area contributed by atoms with Crippen LogP contribution < -0.4 is 22.5 Å². The van der Waals surface area contributed by atoms with Gasteiger partial charge in [0.1, 0.15) is 13.2 Å². The number of carbonyl (C=O) groups excluding carboxylic acids is 3. The number of primary amides is 2. The molecule has 0 atom stereocenters. The Morgan fingerprint density at radius 1 is 0.767 bits per heavy atom. The van der Waals surface area contributed by atoms with E-state index >= 15 is 0 Å². The first kappa shape index (κ1) is 30.8. The number of carbonyl (C=O) groups is 5. The van der Waals surface area contributed by atoms with Crippen LogP contribution in [0.1, 0.15) is 20.7 Å². The predicted molar refractivity (Wildman–Crippen MR) is 129 cm³/mol. The van der Waals surface area contributed by atoms with E-state index < -0.39 is 42.9 Å². The summed E-state index contributed by atoms with van der Waals surface area (Å²) in [6.07, 6.45) is 0. The summed E-state index contributed by atoms with van der Waals surface area (Å²) in [5.74, 6) is -4.44. The molecular weight excluding hydrogens is 749 g/mol. The Morgan fingerprint density at radius 3 is 1.27 bits per heavy atom. The number of halogens is 3. The Bertz CT molecular complexity index is 778. The molecule has 3 amide bonds. The summed E-state index contributed by atoms with van der Waals surface area (Å²) in [6.45, 7) is -1.40. The second-order valence-electron chi connectivity index (χ2n) is 4.68. The molecule has 0 aliphatic carbocycles. The molecule has 30 heavy (non-hydrogen) atoms. The van der Waals surface area contributed by atoms with Gasteiger partial charge in [0, 0.05) is 3.57 Å². The van der Waals surface area contributed by atoms with Crippen LogP contribution in [0, 0.1) is 10.7 Å². The highest BCUT2D eigenvalue weighted by molar-refractivity contribution is 14.1. The maximum atomic E-state index is 11.4. The molecule has 0 saturated heterocycles. The van der Waals surface area contributed by atoms with Gasteiger partial charge in [-0.2, -0.15) is 0 Å². The van der Waals surface area contributed by atoms with Crippen molar-refractivity contribution < 1.29 is 44.4 Å². The molecule has 168 valence electrons. The lowest BCUT2D eigenvalue weighted by Crippen LogP contribution is -2.25. The quantitative estimate of drug-likeness (QED) is 0.159. The van der Waals surface area contributed by atoms with Gasteiger partial charge >= 0.3 is 11.9 Å². The number of nitrogens with two attached hydrogens (primary N) is 3. The fraction of sp³-hybridized carbons (Fsp3) is 0.214. The number of nitrogens with one attached hydrogen (secondary N) is 1. The van der Waals surface area contributed by atoms with E-state index in [0.29, 0.717) is 0 Å².